The first-order valence-corrected chi connectivity index (χ1v) is 10.0. The van der Waals surface area contributed by atoms with E-state index in [1.807, 2.05) is 34.6 Å². The van der Waals surface area contributed by atoms with E-state index in [1.165, 1.54) is 11.3 Å². The summed E-state index contributed by atoms with van der Waals surface area (Å²) in [5.74, 6) is -0.780. The molecule has 0 saturated heterocycles. The van der Waals surface area contributed by atoms with E-state index in [4.69, 9.17) is 4.74 Å². The minimum Gasteiger partial charge on any atom is -0.462 e. The average Bonchev–Trinajstić information content (AvgIpc) is 2.80. The lowest BCUT2D eigenvalue weighted by Crippen LogP contribution is -3.11. The fourth-order valence-electron chi connectivity index (χ4n) is 2.68. The van der Waals surface area contributed by atoms with E-state index in [0.717, 1.165) is 21.8 Å². The van der Waals surface area contributed by atoms with Crippen molar-refractivity contribution in [3.63, 3.8) is 0 Å². The molecule has 0 aliphatic rings. The molecule has 0 fully saturated rings. The Labute approximate surface area is 165 Å². The van der Waals surface area contributed by atoms with E-state index in [1.54, 1.807) is 14.0 Å². The molecule has 27 heavy (non-hydrogen) atoms. The van der Waals surface area contributed by atoms with Crippen molar-refractivity contribution in [1.29, 1.82) is 0 Å². The Bertz CT molecular complexity index is 692. The van der Waals surface area contributed by atoms with Crippen molar-refractivity contribution in [2.75, 3.05) is 32.1 Å². The van der Waals surface area contributed by atoms with Gasteiger partial charge in [0.25, 0.3) is 11.8 Å². The van der Waals surface area contributed by atoms with Gasteiger partial charge >= 0.3 is 5.97 Å². The molecule has 0 radical (unpaired) electrons. The largest absolute Gasteiger partial charge is 0.462 e. The number of esters is 1. The fourth-order valence-corrected chi connectivity index (χ4v) is 3.83. The van der Waals surface area contributed by atoms with Crippen LogP contribution in [0.1, 0.15) is 55.4 Å². The second-order valence-corrected chi connectivity index (χ2v) is 8.69. The Morgan fingerprint density at radius 3 is 2.22 bits per heavy atom. The van der Waals surface area contributed by atoms with Crippen LogP contribution in [0.3, 0.4) is 0 Å². The number of thiophene rings is 1. The molecule has 1 unspecified atom stereocenters. The van der Waals surface area contributed by atoms with Gasteiger partial charge in [0.1, 0.15) is 5.00 Å². The number of likely N-dealkylation sites (N-methyl/N-ethyl adjacent to an activating group) is 1. The minimum atomic E-state index is -0.425. The highest BCUT2D eigenvalue weighted by Crippen LogP contribution is 2.33. The Balaban J connectivity index is 2.79. The van der Waals surface area contributed by atoms with Crippen molar-refractivity contribution < 1.29 is 24.0 Å². The van der Waals surface area contributed by atoms with Crippen LogP contribution in [-0.4, -0.2) is 50.1 Å². The average molecular weight is 399 g/mol. The zero-order chi connectivity index (χ0) is 20.8. The maximum atomic E-state index is 12.4. The molecule has 2 amide bonds. The summed E-state index contributed by atoms with van der Waals surface area (Å²) in [6.45, 7) is 11.9. The quantitative estimate of drug-likeness (QED) is 0.574. The molecule has 1 aromatic heterocycles. The van der Waals surface area contributed by atoms with Crippen LogP contribution in [0.15, 0.2) is 0 Å². The molecular formula is C19H32N3O4S+. The molecule has 1 aromatic rings. The Kier molecular flexibility index (Phi) is 8.43. The number of rotatable bonds is 8. The number of ether oxygens (including phenoxy) is 1. The molecule has 1 atom stereocenters. The molecule has 1 rings (SSSR count). The summed E-state index contributed by atoms with van der Waals surface area (Å²) >= 11 is 1.40. The summed E-state index contributed by atoms with van der Waals surface area (Å²) in [5.41, 5.74) is 0.968. The van der Waals surface area contributed by atoms with Crippen LogP contribution in [0.4, 0.5) is 5.00 Å². The predicted molar refractivity (Wildman–Crippen MR) is 108 cm³/mol. The molecule has 152 valence electrons. The number of anilines is 1. The number of nitrogens with one attached hydrogen (secondary N) is 3. The molecule has 8 heteroatoms. The first-order chi connectivity index (χ1) is 12.5. The smallest absolute Gasteiger partial charge is 0.341 e. The topological polar surface area (TPSA) is 88.9 Å². The second kappa shape index (κ2) is 9.85. The van der Waals surface area contributed by atoms with Crippen LogP contribution in [0.25, 0.3) is 0 Å². The summed E-state index contributed by atoms with van der Waals surface area (Å²) in [7, 11) is 1.78. The van der Waals surface area contributed by atoms with E-state index >= 15 is 0 Å². The summed E-state index contributed by atoms with van der Waals surface area (Å²) < 4.78 is 5.13. The van der Waals surface area contributed by atoms with Crippen LogP contribution >= 0.6 is 11.3 Å². The highest BCUT2D eigenvalue weighted by molar-refractivity contribution is 7.17. The molecule has 3 N–H and O–H groups in total. The number of aryl methyl sites for hydroxylation is 1. The molecule has 0 aliphatic carbocycles. The lowest BCUT2D eigenvalue weighted by atomic mass is 10.1. The summed E-state index contributed by atoms with van der Waals surface area (Å²) in [6.07, 6.45) is 0.775. The summed E-state index contributed by atoms with van der Waals surface area (Å²) in [5, 5.41) is 6.22. The zero-order valence-corrected chi connectivity index (χ0v) is 18.2. The van der Waals surface area contributed by atoms with Gasteiger partial charge in [-0.3, -0.25) is 9.59 Å². The van der Waals surface area contributed by atoms with E-state index < -0.39 is 5.97 Å². The lowest BCUT2D eigenvalue weighted by Gasteiger charge is -2.21. The van der Waals surface area contributed by atoms with Gasteiger partial charge in [-0.15, -0.1) is 11.3 Å². The van der Waals surface area contributed by atoms with E-state index in [0.29, 0.717) is 10.6 Å². The SMILES string of the molecule is CCOC(=O)c1c(NC(=O)C[NH+](C)CC(=O)NC(C)(C)C)sc(CC)c1C. The summed E-state index contributed by atoms with van der Waals surface area (Å²) in [4.78, 5) is 38.5. The molecule has 0 aliphatic heterocycles. The lowest BCUT2D eigenvalue weighted by molar-refractivity contribution is -0.862. The highest BCUT2D eigenvalue weighted by Gasteiger charge is 2.24. The van der Waals surface area contributed by atoms with E-state index in [9.17, 15) is 14.4 Å². The molecular weight excluding hydrogens is 366 g/mol. The van der Waals surface area contributed by atoms with Gasteiger partial charge < -0.3 is 20.3 Å². The van der Waals surface area contributed by atoms with Gasteiger partial charge in [0.2, 0.25) is 0 Å². The predicted octanol–water partition coefficient (Wildman–Crippen LogP) is 1.16. The van der Waals surface area contributed by atoms with Crippen LogP contribution < -0.4 is 15.5 Å². The molecule has 0 spiro atoms. The number of carbonyl (C=O) groups is 3. The van der Waals surface area contributed by atoms with Crippen molar-refractivity contribution in [3.8, 4) is 0 Å². The summed E-state index contributed by atoms with van der Waals surface area (Å²) in [6, 6.07) is 0. The minimum absolute atomic E-state index is 0.111. The van der Waals surface area contributed by atoms with Crippen LogP contribution in [0.5, 0.6) is 0 Å². The third-order valence-corrected chi connectivity index (χ3v) is 5.09. The monoisotopic (exact) mass is 398 g/mol. The first kappa shape index (κ1) is 23.1. The number of hydrogen-bond acceptors (Lipinski definition) is 5. The van der Waals surface area contributed by atoms with Gasteiger partial charge in [-0.05, 0) is 46.6 Å². The molecule has 0 saturated carbocycles. The molecule has 7 nitrogen and oxygen atoms in total. The Morgan fingerprint density at radius 1 is 1.11 bits per heavy atom. The number of amides is 2. The number of hydrogen-bond donors (Lipinski definition) is 3. The normalized spacial score (nSPS) is 12.4. The van der Waals surface area contributed by atoms with Gasteiger partial charge in [-0.25, -0.2) is 4.79 Å². The molecule has 0 bridgehead atoms. The van der Waals surface area contributed by atoms with Crippen molar-refractivity contribution in [1.82, 2.24) is 5.32 Å². The van der Waals surface area contributed by atoms with Gasteiger partial charge in [0.15, 0.2) is 13.1 Å². The highest BCUT2D eigenvalue weighted by atomic mass is 32.1. The van der Waals surface area contributed by atoms with Crippen LogP contribution in [-0.2, 0) is 20.7 Å². The maximum absolute atomic E-state index is 12.4. The molecule has 1 heterocycles. The van der Waals surface area contributed by atoms with Gasteiger partial charge in [0.05, 0.1) is 19.2 Å². The van der Waals surface area contributed by atoms with E-state index in [2.05, 4.69) is 10.6 Å². The van der Waals surface area contributed by atoms with Gasteiger partial charge in [-0.2, -0.15) is 0 Å². The van der Waals surface area contributed by atoms with Gasteiger partial charge in [-0.1, -0.05) is 6.92 Å². The number of carbonyl (C=O) groups excluding carboxylic acids is 3. The van der Waals surface area contributed by atoms with Crippen molar-refractivity contribution >= 4 is 34.1 Å². The third-order valence-electron chi connectivity index (χ3n) is 3.74. The van der Waals surface area contributed by atoms with Crippen LogP contribution in [0, 0.1) is 6.92 Å². The van der Waals surface area contributed by atoms with Gasteiger partial charge in [0, 0.05) is 10.4 Å². The van der Waals surface area contributed by atoms with Crippen molar-refractivity contribution in [2.45, 2.75) is 53.5 Å². The zero-order valence-electron chi connectivity index (χ0n) is 17.4. The van der Waals surface area contributed by atoms with Crippen LogP contribution in [0.2, 0.25) is 0 Å². The Morgan fingerprint density at radius 2 is 1.70 bits per heavy atom. The standard InChI is InChI=1S/C19H31N3O4S/c1-8-13-12(3)16(18(25)26-9-2)17(27-13)20-14(23)10-22(7)11-15(24)21-19(4,5)6/h8-11H2,1-7H3,(H,20,23)(H,21,24)/p+1. The fraction of sp³-hybridized carbons (Fsp3) is 0.632. The van der Waals surface area contributed by atoms with Crippen molar-refractivity contribution in [2.24, 2.45) is 0 Å². The molecule has 0 aromatic carbocycles. The van der Waals surface area contributed by atoms with Crippen molar-refractivity contribution in [3.05, 3.63) is 16.0 Å². The number of quaternary nitrogens is 1. The van der Waals surface area contributed by atoms with E-state index in [-0.39, 0.29) is 37.0 Å². The Hall–Kier alpha value is -1.93. The second-order valence-electron chi connectivity index (χ2n) is 7.59. The first-order valence-electron chi connectivity index (χ1n) is 9.20. The third kappa shape index (κ3) is 7.30. The maximum Gasteiger partial charge on any atom is 0.341 e.